The Bertz CT molecular complexity index is 372. The summed E-state index contributed by atoms with van der Waals surface area (Å²) in [6.45, 7) is 1.28. The normalized spacial score (nSPS) is 20.7. The zero-order valence-electron chi connectivity index (χ0n) is 8.82. The van der Waals surface area contributed by atoms with Gasteiger partial charge in [0.1, 0.15) is 11.9 Å². The molecule has 0 bridgehead atoms. The van der Waals surface area contributed by atoms with Crippen molar-refractivity contribution in [2.75, 3.05) is 19.8 Å². The van der Waals surface area contributed by atoms with Gasteiger partial charge in [0.15, 0.2) is 5.78 Å². The van der Waals surface area contributed by atoms with Gasteiger partial charge in [-0.1, -0.05) is 12.1 Å². The van der Waals surface area contributed by atoms with Gasteiger partial charge in [-0.3, -0.25) is 4.79 Å². The van der Waals surface area contributed by atoms with Gasteiger partial charge in [-0.2, -0.15) is 0 Å². The highest BCUT2D eigenvalue weighted by Crippen LogP contribution is 2.09. The predicted octanol–water partition coefficient (Wildman–Crippen LogP) is 1.35. The molecule has 1 saturated heterocycles. The first kappa shape index (κ1) is 11.2. The molecule has 1 aromatic carbocycles. The molecule has 1 unspecified atom stereocenters. The molecular weight excluding hydrogens is 211 g/mol. The second-order valence-electron chi connectivity index (χ2n) is 3.71. The van der Waals surface area contributed by atoms with Gasteiger partial charge in [-0.05, 0) is 17.7 Å². The number of benzene rings is 1. The molecular formula is C12H13FO3. The fourth-order valence-electron chi connectivity index (χ4n) is 1.64. The van der Waals surface area contributed by atoms with Crippen LogP contribution in [-0.2, 0) is 20.7 Å². The van der Waals surface area contributed by atoms with Crippen LogP contribution in [0.4, 0.5) is 4.39 Å². The molecule has 0 N–H and O–H groups in total. The van der Waals surface area contributed by atoms with Crippen LogP contribution in [-0.4, -0.2) is 31.7 Å². The monoisotopic (exact) mass is 224 g/mol. The maximum absolute atomic E-state index is 12.9. The van der Waals surface area contributed by atoms with Crippen LogP contribution in [0.15, 0.2) is 24.3 Å². The Labute approximate surface area is 93.2 Å². The van der Waals surface area contributed by atoms with Crippen molar-refractivity contribution in [3.63, 3.8) is 0 Å². The predicted molar refractivity (Wildman–Crippen MR) is 55.7 cm³/mol. The van der Waals surface area contributed by atoms with Crippen LogP contribution >= 0.6 is 0 Å². The van der Waals surface area contributed by atoms with E-state index in [-0.39, 0.29) is 18.0 Å². The van der Waals surface area contributed by atoms with Gasteiger partial charge in [0.25, 0.3) is 0 Å². The lowest BCUT2D eigenvalue weighted by molar-refractivity contribution is -0.144. The minimum atomic E-state index is -0.503. The Balaban J connectivity index is 1.96. The third-order valence-electron chi connectivity index (χ3n) is 2.44. The number of ether oxygens (including phenoxy) is 2. The average Bonchev–Trinajstić information content (AvgIpc) is 2.30. The van der Waals surface area contributed by atoms with E-state index in [0.29, 0.717) is 25.4 Å². The molecule has 4 heteroatoms. The number of rotatable bonds is 3. The molecule has 1 atom stereocenters. The fourth-order valence-corrected chi connectivity index (χ4v) is 1.64. The fraction of sp³-hybridized carbons (Fsp3) is 0.417. The van der Waals surface area contributed by atoms with Gasteiger partial charge < -0.3 is 9.47 Å². The van der Waals surface area contributed by atoms with Crippen molar-refractivity contribution < 1.29 is 18.7 Å². The van der Waals surface area contributed by atoms with E-state index in [0.717, 1.165) is 0 Å². The van der Waals surface area contributed by atoms with Crippen molar-refractivity contribution in [3.8, 4) is 0 Å². The molecule has 0 radical (unpaired) electrons. The summed E-state index contributed by atoms with van der Waals surface area (Å²) in [4.78, 5) is 11.8. The Morgan fingerprint density at radius 3 is 3.00 bits per heavy atom. The zero-order chi connectivity index (χ0) is 11.4. The van der Waals surface area contributed by atoms with Crippen LogP contribution in [0, 0.1) is 5.82 Å². The first-order chi connectivity index (χ1) is 7.75. The molecule has 2 rings (SSSR count). The molecule has 1 aromatic rings. The molecule has 1 aliphatic rings. The molecule has 0 aliphatic carbocycles. The second-order valence-corrected chi connectivity index (χ2v) is 3.71. The third kappa shape index (κ3) is 2.87. The summed E-state index contributed by atoms with van der Waals surface area (Å²) in [6.07, 6.45) is -0.316. The molecule has 0 saturated carbocycles. The Hall–Kier alpha value is -1.26. The highest BCUT2D eigenvalue weighted by atomic mass is 19.1. The average molecular weight is 224 g/mol. The number of hydrogen-bond donors (Lipinski definition) is 0. The van der Waals surface area contributed by atoms with Crippen molar-refractivity contribution in [2.24, 2.45) is 0 Å². The summed E-state index contributed by atoms with van der Waals surface area (Å²) in [5.41, 5.74) is 0.666. The Morgan fingerprint density at radius 1 is 1.44 bits per heavy atom. The topological polar surface area (TPSA) is 35.5 Å². The number of ketones is 1. The van der Waals surface area contributed by atoms with Gasteiger partial charge in [0, 0.05) is 6.42 Å². The summed E-state index contributed by atoms with van der Waals surface area (Å²) in [6, 6.07) is 6.04. The van der Waals surface area contributed by atoms with E-state index in [1.54, 1.807) is 12.1 Å². The largest absolute Gasteiger partial charge is 0.376 e. The lowest BCUT2D eigenvalue weighted by Crippen LogP contribution is -2.36. The summed E-state index contributed by atoms with van der Waals surface area (Å²) >= 11 is 0. The highest BCUT2D eigenvalue weighted by Gasteiger charge is 2.22. The quantitative estimate of drug-likeness (QED) is 0.777. The van der Waals surface area contributed by atoms with Crippen LogP contribution in [0.5, 0.6) is 0 Å². The van der Waals surface area contributed by atoms with Crippen molar-refractivity contribution in [3.05, 3.63) is 35.6 Å². The maximum atomic E-state index is 12.9. The minimum absolute atomic E-state index is 0.0645. The molecule has 1 fully saturated rings. The van der Waals surface area contributed by atoms with E-state index in [1.165, 1.54) is 12.1 Å². The molecule has 1 aliphatic heterocycles. The smallest absolute Gasteiger partial charge is 0.168 e. The number of carbonyl (C=O) groups excluding carboxylic acids is 1. The van der Waals surface area contributed by atoms with Crippen LogP contribution in [0.2, 0.25) is 0 Å². The SMILES string of the molecule is O=C(Cc1cccc(F)c1)C1COCCO1. The summed E-state index contributed by atoms with van der Waals surface area (Å²) in [7, 11) is 0. The van der Waals surface area contributed by atoms with E-state index in [1.807, 2.05) is 0 Å². The van der Waals surface area contributed by atoms with Gasteiger partial charge in [-0.15, -0.1) is 0 Å². The van der Waals surface area contributed by atoms with Crippen molar-refractivity contribution in [1.29, 1.82) is 0 Å². The number of hydrogen-bond acceptors (Lipinski definition) is 3. The Morgan fingerprint density at radius 2 is 2.31 bits per heavy atom. The van der Waals surface area contributed by atoms with Crippen LogP contribution in [0.1, 0.15) is 5.56 Å². The molecule has 16 heavy (non-hydrogen) atoms. The summed E-state index contributed by atoms with van der Waals surface area (Å²) in [5, 5.41) is 0. The van der Waals surface area contributed by atoms with Crippen molar-refractivity contribution >= 4 is 5.78 Å². The molecule has 86 valence electrons. The first-order valence-electron chi connectivity index (χ1n) is 5.22. The van der Waals surface area contributed by atoms with Gasteiger partial charge in [0.05, 0.1) is 19.8 Å². The van der Waals surface area contributed by atoms with Gasteiger partial charge >= 0.3 is 0 Å². The molecule has 3 nitrogen and oxygen atoms in total. The van der Waals surface area contributed by atoms with Crippen LogP contribution in [0.3, 0.4) is 0 Å². The van der Waals surface area contributed by atoms with Gasteiger partial charge in [0.2, 0.25) is 0 Å². The van der Waals surface area contributed by atoms with Crippen molar-refractivity contribution in [2.45, 2.75) is 12.5 Å². The third-order valence-corrected chi connectivity index (χ3v) is 2.44. The van der Waals surface area contributed by atoms with E-state index in [4.69, 9.17) is 9.47 Å². The van der Waals surface area contributed by atoms with E-state index < -0.39 is 6.10 Å². The van der Waals surface area contributed by atoms with Crippen molar-refractivity contribution in [1.82, 2.24) is 0 Å². The summed E-state index contributed by atoms with van der Waals surface area (Å²) < 4.78 is 23.3. The minimum Gasteiger partial charge on any atom is -0.376 e. The molecule has 1 heterocycles. The lowest BCUT2D eigenvalue weighted by Gasteiger charge is -2.21. The van der Waals surface area contributed by atoms with Crippen LogP contribution < -0.4 is 0 Å². The zero-order valence-corrected chi connectivity index (χ0v) is 8.82. The summed E-state index contributed by atoms with van der Waals surface area (Å²) in [5.74, 6) is -0.392. The number of Topliss-reactive ketones (excluding diaryl/α,β-unsaturated/α-hetero) is 1. The number of halogens is 1. The molecule has 0 aromatic heterocycles. The first-order valence-corrected chi connectivity index (χ1v) is 5.22. The molecule has 0 amide bonds. The highest BCUT2D eigenvalue weighted by molar-refractivity contribution is 5.85. The van der Waals surface area contributed by atoms with E-state index in [2.05, 4.69) is 0 Å². The van der Waals surface area contributed by atoms with E-state index in [9.17, 15) is 9.18 Å². The van der Waals surface area contributed by atoms with Crippen LogP contribution in [0.25, 0.3) is 0 Å². The van der Waals surface area contributed by atoms with Gasteiger partial charge in [-0.25, -0.2) is 4.39 Å². The number of carbonyl (C=O) groups is 1. The molecule has 0 spiro atoms. The lowest BCUT2D eigenvalue weighted by atomic mass is 10.1. The van der Waals surface area contributed by atoms with E-state index >= 15 is 0 Å². The maximum Gasteiger partial charge on any atom is 0.168 e. The standard InChI is InChI=1S/C12H13FO3/c13-10-3-1-2-9(6-10)7-11(14)12-8-15-4-5-16-12/h1-3,6,12H,4-5,7-8H2. The Kier molecular flexibility index (Phi) is 3.64. The second kappa shape index (κ2) is 5.18.